The van der Waals surface area contributed by atoms with E-state index in [0.29, 0.717) is 18.2 Å². The van der Waals surface area contributed by atoms with Crippen molar-refractivity contribution in [3.8, 4) is 0 Å². The molecule has 118 valence electrons. The molecule has 21 heavy (non-hydrogen) atoms. The smallest absolute Gasteiger partial charge is 0.0747 e. The molecule has 0 radical (unpaired) electrons. The molecule has 0 bridgehead atoms. The maximum absolute atomic E-state index is 6.30. The minimum absolute atomic E-state index is 0.443. The summed E-state index contributed by atoms with van der Waals surface area (Å²) in [6, 6.07) is 5.10. The topological polar surface area (TPSA) is 15.7 Å². The van der Waals surface area contributed by atoms with Crippen LogP contribution in [0, 0.1) is 12.8 Å². The lowest BCUT2D eigenvalue weighted by molar-refractivity contribution is 0.0171. The first-order valence-corrected chi connectivity index (χ1v) is 8.96. The molecule has 0 aliphatic carbocycles. The maximum Gasteiger partial charge on any atom is 0.0747 e. The number of likely N-dealkylation sites (N-methyl/N-ethyl adjacent to an activating group) is 1. The fraction of sp³-hybridized carbons (Fsp3) is 0.765. The van der Waals surface area contributed by atoms with E-state index >= 15 is 0 Å². The standard InChI is InChI=1S/C17H28N2OS/c1-12(2)18(4)9-15-7-14-8-19(11-17(14)20-15)10-16-6-5-13(3)21-16/h5-6,12,14-15,17H,7-11H2,1-4H3/t14-,15-,17+/m0/s1. The van der Waals surface area contributed by atoms with Gasteiger partial charge in [-0.3, -0.25) is 4.90 Å². The number of rotatable bonds is 5. The van der Waals surface area contributed by atoms with E-state index in [1.54, 1.807) is 0 Å². The number of likely N-dealkylation sites (tertiary alicyclic amines) is 1. The van der Waals surface area contributed by atoms with Crippen molar-refractivity contribution in [1.82, 2.24) is 9.80 Å². The van der Waals surface area contributed by atoms with E-state index in [2.05, 4.69) is 49.8 Å². The van der Waals surface area contributed by atoms with Gasteiger partial charge in [-0.15, -0.1) is 11.3 Å². The van der Waals surface area contributed by atoms with E-state index in [-0.39, 0.29) is 0 Å². The van der Waals surface area contributed by atoms with Crippen LogP contribution in [0.5, 0.6) is 0 Å². The van der Waals surface area contributed by atoms with Crippen molar-refractivity contribution in [2.24, 2.45) is 5.92 Å². The molecule has 0 N–H and O–H groups in total. The summed E-state index contributed by atoms with van der Waals surface area (Å²) in [6.07, 6.45) is 2.15. The number of ether oxygens (including phenoxy) is 1. The Labute approximate surface area is 132 Å². The summed E-state index contributed by atoms with van der Waals surface area (Å²) in [6.45, 7) is 11.2. The minimum Gasteiger partial charge on any atom is -0.372 e. The van der Waals surface area contributed by atoms with E-state index in [1.165, 1.54) is 22.7 Å². The summed E-state index contributed by atoms with van der Waals surface area (Å²) >= 11 is 1.93. The molecule has 1 aromatic heterocycles. The van der Waals surface area contributed by atoms with Crippen LogP contribution in [0.25, 0.3) is 0 Å². The fourth-order valence-corrected chi connectivity index (χ4v) is 4.45. The molecular formula is C17H28N2OS. The van der Waals surface area contributed by atoms with Gasteiger partial charge in [0.25, 0.3) is 0 Å². The van der Waals surface area contributed by atoms with Crippen LogP contribution in [0.15, 0.2) is 12.1 Å². The van der Waals surface area contributed by atoms with E-state index in [1.807, 2.05) is 11.3 Å². The summed E-state index contributed by atoms with van der Waals surface area (Å²) in [4.78, 5) is 7.88. The third-order valence-electron chi connectivity index (χ3n) is 4.94. The first-order chi connectivity index (χ1) is 10.0. The second-order valence-electron chi connectivity index (χ2n) is 7.03. The molecule has 2 fully saturated rings. The second-order valence-corrected chi connectivity index (χ2v) is 8.40. The van der Waals surface area contributed by atoms with Crippen LogP contribution in [0.2, 0.25) is 0 Å². The van der Waals surface area contributed by atoms with Crippen molar-refractivity contribution in [2.45, 2.75) is 52.0 Å². The Morgan fingerprint density at radius 1 is 1.38 bits per heavy atom. The summed E-state index contributed by atoms with van der Waals surface area (Å²) in [7, 11) is 2.20. The predicted octanol–water partition coefficient (Wildman–Crippen LogP) is 2.99. The predicted molar refractivity (Wildman–Crippen MR) is 88.9 cm³/mol. The summed E-state index contributed by atoms with van der Waals surface area (Å²) in [5, 5.41) is 0. The zero-order chi connectivity index (χ0) is 15.0. The van der Waals surface area contributed by atoms with Gasteiger partial charge in [-0.2, -0.15) is 0 Å². The van der Waals surface area contributed by atoms with E-state index in [9.17, 15) is 0 Å². The lowest BCUT2D eigenvalue weighted by Gasteiger charge is -2.25. The largest absolute Gasteiger partial charge is 0.372 e. The van der Waals surface area contributed by atoms with E-state index < -0.39 is 0 Å². The van der Waals surface area contributed by atoms with Crippen LogP contribution < -0.4 is 0 Å². The molecule has 2 aliphatic heterocycles. The lowest BCUT2D eigenvalue weighted by Crippen LogP contribution is -2.35. The fourth-order valence-electron chi connectivity index (χ4n) is 3.52. The highest BCUT2D eigenvalue weighted by atomic mass is 32.1. The molecule has 0 amide bonds. The summed E-state index contributed by atoms with van der Waals surface area (Å²) in [5.41, 5.74) is 0. The molecule has 3 heterocycles. The van der Waals surface area contributed by atoms with E-state index in [0.717, 1.165) is 25.6 Å². The molecular weight excluding hydrogens is 280 g/mol. The van der Waals surface area contributed by atoms with Crippen LogP contribution >= 0.6 is 11.3 Å². The van der Waals surface area contributed by atoms with E-state index in [4.69, 9.17) is 4.74 Å². The highest BCUT2D eigenvalue weighted by Crippen LogP contribution is 2.34. The average Bonchev–Trinajstić information content (AvgIpc) is 3.04. The van der Waals surface area contributed by atoms with Crippen molar-refractivity contribution < 1.29 is 4.74 Å². The van der Waals surface area contributed by atoms with Crippen LogP contribution in [-0.2, 0) is 11.3 Å². The quantitative estimate of drug-likeness (QED) is 0.832. The van der Waals surface area contributed by atoms with Gasteiger partial charge in [0.1, 0.15) is 0 Å². The minimum atomic E-state index is 0.443. The Bertz CT molecular complexity index is 459. The molecule has 3 rings (SSSR count). The van der Waals surface area contributed by atoms with Crippen molar-refractivity contribution in [1.29, 1.82) is 0 Å². The number of thiophene rings is 1. The third kappa shape index (κ3) is 3.67. The van der Waals surface area contributed by atoms with Gasteiger partial charge in [-0.25, -0.2) is 0 Å². The van der Waals surface area contributed by atoms with Gasteiger partial charge >= 0.3 is 0 Å². The molecule has 4 heteroatoms. The third-order valence-corrected chi connectivity index (χ3v) is 5.92. The molecule has 0 saturated carbocycles. The molecule has 0 aromatic carbocycles. The van der Waals surface area contributed by atoms with Crippen molar-refractivity contribution >= 4 is 11.3 Å². The van der Waals surface area contributed by atoms with Crippen LogP contribution in [0.4, 0.5) is 0 Å². The van der Waals surface area contributed by atoms with Gasteiger partial charge < -0.3 is 9.64 Å². The van der Waals surface area contributed by atoms with Gasteiger partial charge in [0.2, 0.25) is 0 Å². The van der Waals surface area contributed by atoms with Crippen molar-refractivity contribution in [2.75, 3.05) is 26.7 Å². The normalized spacial score (nSPS) is 29.7. The van der Waals surface area contributed by atoms with Crippen LogP contribution in [0.3, 0.4) is 0 Å². The molecule has 2 saturated heterocycles. The van der Waals surface area contributed by atoms with Gasteiger partial charge in [0, 0.05) is 47.9 Å². The second kappa shape index (κ2) is 6.37. The molecule has 3 atom stereocenters. The van der Waals surface area contributed by atoms with Crippen LogP contribution in [-0.4, -0.2) is 54.7 Å². The van der Waals surface area contributed by atoms with Gasteiger partial charge in [0.15, 0.2) is 0 Å². The number of hydrogen-bond donors (Lipinski definition) is 0. The highest BCUT2D eigenvalue weighted by Gasteiger charge is 2.42. The SMILES string of the molecule is Cc1ccc(CN2C[C@@H]3C[C@@H](CN(C)C(C)C)O[C@@H]3C2)s1. The maximum atomic E-state index is 6.30. The number of hydrogen-bond acceptors (Lipinski definition) is 4. The summed E-state index contributed by atoms with van der Waals surface area (Å²) < 4.78 is 6.30. The molecule has 3 nitrogen and oxygen atoms in total. The van der Waals surface area contributed by atoms with Crippen molar-refractivity contribution in [3.63, 3.8) is 0 Å². The van der Waals surface area contributed by atoms with Gasteiger partial charge in [-0.1, -0.05) is 0 Å². The number of aryl methyl sites for hydroxylation is 1. The zero-order valence-corrected chi connectivity index (χ0v) is 14.5. The highest BCUT2D eigenvalue weighted by molar-refractivity contribution is 7.11. The molecule has 1 aromatic rings. The molecule has 0 unspecified atom stereocenters. The Balaban J connectivity index is 1.47. The Kier molecular flexibility index (Phi) is 4.69. The summed E-state index contributed by atoms with van der Waals surface area (Å²) in [5.74, 6) is 0.747. The average molecular weight is 308 g/mol. The van der Waals surface area contributed by atoms with Gasteiger partial charge in [-0.05, 0) is 46.4 Å². The Morgan fingerprint density at radius 2 is 2.19 bits per heavy atom. The van der Waals surface area contributed by atoms with Crippen LogP contribution in [0.1, 0.15) is 30.0 Å². The Hall–Kier alpha value is -0.420. The first-order valence-electron chi connectivity index (χ1n) is 8.14. The number of nitrogens with zero attached hydrogens (tertiary/aromatic N) is 2. The molecule has 2 aliphatic rings. The number of fused-ring (bicyclic) bond motifs is 1. The first kappa shape index (κ1) is 15.5. The molecule has 0 spiro atoms. The lowest BCUT2D eigenvalue weighted by atomic mass is 10.0. The van der Waals surface area contributed by atoms with Crippen molar-refractivity contribution in [3.05, 3.63) is 21.9 Å². The van der Waals surface area contributed by atoms with Gasteiger partial charge in [0.05, 0.1) is 12.2 Å². The monoisotopic (exact) mass is 308 g/mol. The Morgan fingerprint density at radius 3 is 2.81 bits per heavy atom. The zero-order valence-electron chi connectivity index (χ0n) is 13.7.